The van der Waals surface area contributed by atoms with Gasteiger partial charge in [-0.05, 0) is 42.3 Å². The Morgan fingerprint density at radius 1 is 1.00 bits per heavy atom. The first-order valence-electron chi connectivity index (χ1n) is 8.42. The first-order chi connectivity index (χ1) is 12.8. The van der Waals surface area contributed by atoms with Crippen LogP contribution < -0.4 is 9.46 Å². The summed E-state index contributed by atoms with van der Waals surface area (Å²) in [5.74, 6) is -0.380. The van der Waals surface area contributed by atoms with E-state index in [1.54, 1.807) is 43.3 Å². The lowest BCUT2D eigenvalue weighted by molar-refractivity contribution is 0.0634. The maximum atomic E-state index is 12.4. The van der Waals surface area contributed by atoms with Crippen LogP contribution in [-0.2, 0) is 10.0 Å². The van der Waals surface area contributed by atoms with Gasteiger partial charge in [0, 0.05) is 13.1 Å². The molecule has 0 fully saturated rings. The van der Waals surface area contributed by atoms with E-state index < -0.39 is 10.0 Å². The van der Waals surface area contributed by atoms with Crippen LogP contribution in [-0.4, -0.2) is 45.3 Å². The molecule has 0 spiro atoms. The predicted octanol–water partition coefficient (Wildman–Crippen LogP) is 1.91. The van der Waals surface area contributed by atoms with Crippen molar-refractivity contribution in [1.29, 1.82) is 0 Å². The number of benzene rings is 2. The van der Waals surface area contributed by atoms with E-state index in [0.717, 1.165) is 4.90 Å². The van der Waals surface area contributed by atoms with Crippen LogP contribution in [0.2, 0.25) is 0 Å². The van der Waals surface area contributed by atoms with Gasteiger partial charge in [-0.3, -0.25) is 14.5 Å². The zero-order chi connectivity index (χ0) is 19.6. The predicted molar refractivity (Wildman–Crippen MR) is 99.2 cm³/mol. The molecule has 0 bridgehead atoms. The molecule has 142 valence electrons. The van der Waals surface area contributed by atoms with E-state index in [1.807, 2.05) is 0 Å². The summed E-state index contributed by atoms with van der Waals surface area (Å²) in [6.07, 6.45) is 0. The lowest BCUT2D eigenvalue weighted by Crippen LogP contribution is -2.38. The number of imide groups is 1. The van der Waals surface area contributed by atoms with Crippen molar-refractivity contribution in [3.8, 4) is 5.75 Å². The summed E-state index contributed by atoms with van der Waals surface area (Å²) >= 11 is 0. The molecule has 2 aromatic rings. The van der Waals surface area contributed by atoms with Crippen molar-refractivity contribution in [2.45, 2.75) is 11.8 Å². The molecule has 2 amide bonds. The zero-order valence-corrected chi connectivity index (χ0v) is 15.8. The van der Waals surface area contributed by atoms with Gasteiger partial charge in [0.05, 0.1) is 23.1 Å². The Kier molecular flexibility index (Phi) is 5.29. The SMILES string of the molecule is COc1ccc(S(=O)(=O)NCC(C)CN2C(=O)c3ccccc3C2=O)cc1. The van der Waals surface area contributed by atoms with E-state index in [2.05, 4.69) is 4.72 Å². The molecule has 8 heteroatoms. The van der Waals surface area contributed by atoms with Gasteiger partial charge in [0.15, 0.2) is 0 Å². The minimum Gasteiger partial charge on any atom is -0.497 e. The second-order valence-electron chi connectivity index (χ2n) is 6.40. The summed E-state index contributed by atoms with van der Waals surface area (Å²) in [6, 6.07) is 12.7. The Labute approximate surface area is 158 Å². The Bertz CT molecular complexity index is 935. The third-order valence-electron chi connectivity index (χ3n) is 4.36. The molecular formula is C19H20N2O5S. The number of sulfonamides is 1. The van der Waals surface area contributed by atoms with E-state index in [0.29, 0.717) is 16.9 Å². The molecule has 7 nitrogen and oxygen atoms in total. The number of amides is 2. The molecule has 2 aromatic carbocycles. The molecule has 1 N–H and O–H groups in total. The number of methoxy groups -OCH3 is 1. The highest BCUT2D eigenvalue weighted by Gasteiger charge is 2.35. The van der Waals surface area contributed by atoms with E-state index in [9.17, 15) is 18.0 Å². The lowest BCUT2D eigenvalue weighted by Gasteiger charge is -2.19. The maximum absolute atomic E-state index is 12.4. The minimum atomic E-state index is -3.69. The number of carbonyl (C=O) groups excluding carboxylic acids is 2. The second kappa shape index (κ2) is 7.50. The number of hydrogen-bond acceptors (Lipinski definition) is 5. The molecule has 0 saturated heterocycles. The quantitative estimate of drug-likeness (QED) is 0.732. The molecule has 27 heavy (non-hydrogen) atoms. The molecule has 1 aliphatic rings. The van der Waals surface area contributed by atoms with E-state index in [4.69, 9.17) is 4.74 Å². The monoisotopic (exact) mass is 388 g/mol. The van der Waals surface area contributed by atoms with Gasteiger partial charge in [0.1, 0.15) is 5.75 Å². The van der Waals surface area contributed by atoms with Crippen LogP contribution in [0, 0.1) is 5.92 Å². The first-order valence-corrected chi connectivity index (χ1v) is 9.90. The van der Waals surface area contributed by atoms with Crippen molar-refractivity contribution in [1.82, 2.24) is 9.62 Å². The van der Waals surface area contributed by atoms with Gasteiger partial charge in [0.2, 0.25) is 10.0 Å². The smallest absolute Gasteiger partial charge is 0.261 e. The van der Waals surface area contributed by atoms with Crippen LogP contribution in [0.15, 0.2) is 53.4 Å². The van der Waals surface area contributed by atoms with Gasteiger partial charge in [0.25, 0.3) is 11.8 Å². The van der Waals surface area contributed by atoms with Crippen LogP contribution in [0.3, 0.4) is 0 Å². The Morgan fingerprint density at radius 2 is 1.56 bits per heavy atom. The molecule has 0 radical (unpaired) electrons. The highest BCUT2D eigenvalue weighted by molar-refractivity contribution is 7.89. The number of fused-ring (bicyclic) bond motifs is 1. The Hall–Kier alpha value is -2.71. The lowest BCUT2D eigenvalue weighted by atomic mass is 10.1. The molecule has 1 heterocycles. The summed E-state index contributed by atoms with van der Waals surface area (Å²) in [7, 11) is -2.19. The van der Waals surface area contributed by atoms with E-state index >= 15 is 0 Å². The summed E-state index contributed by atoms with van der Waals surface area (Å²) in [4.78, 5) is 26.0. The van der Waals surface area contributed by atoms with Gasteiger partial charge < -0.3 is 4.74 Å². The largest absolute Gasteiger partial charge is 0.497 e. The van der Waals surface area contributed by atoms with E-state index in [-0.39, 0.29) is 35.7 Å². The molecule has 0 aliphatic carbocycles. The van der Waals surface area contributed by atoms with Crippen LogP contribution >= 0.6 is 0 Å². The highest BCUT2D eigenvalue weighted by Crippen LogP contribution is 2.23. The summed E-state index contributed by atoms with van der Waals surface area (Å²) in [6.45, 7) is 2.01. The molecule has 1 aliphatic heterocycles. The maximum Gasteiger partial charge on any atom is 0.261 e. The van der Waals surface area contributed by atoms with Crippen LogP contribution in [0.25, 0.3) is 0 Å². The molecule has 0 saturated carbocycles. The van der Waals surface area contributed by atoms with Crippen molar-refractivity contribution in [2.75, 3.05) is 20.2 Å². The van der Waals surface area contributed by atoms with Gasteiger partial charge >= 0.3 is 0 Å². The summed E-state index contributed by atoms with van der Waals surface area (Å²) < 4.78 is 32.3. The van der Waals surface area contributed by atoms with Crippen LogP contribution in [0.1, 0.15) is 27.6 Å². The molecule has 1 unspecified atom stereocenters. The van der Waals surface area contributed by atoms with Gasteiger partial charge in [-0.15, -0.1) is 0 Å². The van der Waals surface area contributed by atoms with Gasteiger partial charge in [-0.1, -0.05) is 19.1 Å². The van der Waals surface area contributed by atoms with E-state index in [1.165, 1.54) is 19.2 Å². The highest BCUT2D eigenvalue weighted by atomic mass is 32.2. The molecular weight excluding hydrogens is 368 g/mol. The van der Waals surface area contributed by atoms with Gasteiger partial charge in [-0.2, -0.15) is 0 Å². The molecule has 0 aromatic heterocycles. The first kappa shape index (κ1) is 19.1. The van der Waals surface area contributed by atoms with Crippen molar-refractivity contribution in [3.05, 3.63) is 59.7 Å². The van der Waals surface area contributed by atoms with Crippen molar-refractivity contribution in [2.24, 2.45) is 5.92 Å². The Morgan fingerprint density at radius 3 is 2.07 bits per heavy atom. The average Bonchev–Trinajstić information content (AvgIpc) is 2.92. The fraction of sp³-hybridized carbons (Fsp3) is 0.263. The van der Waals surface area contributed by atoms with Crippen molar-refractivity contribution < 1.29 is 22.7 Å². The van der Waals surface area contributed by atoms with Crippen molar-refractivity contribution in [3.63, 3.8) is 0 Å². The zero-order valence-electron chi connectivity index (χ0n) is 15.0. The number of nitrogens with zero attached hydrogens (tertiary/aromatic N) is 1. The van der Waals surface area contributed by atoms with Crippen LogP contribution in [0.4, 0.5) is 0 Å². The normalized spacial score (nSPS) is 15.0. The fourth-order valence-electron chi connectivity index (χ4n) is 2.87. The molecule has 3 rings (SSSR count). The number of ether oxygens (including phenoxy) is 1. The number of nitrogens with one attached hydrogen (secondary N) is 1. The van der Waals surface area contributed by atoms with Gasteiger partial charge in [-0.25, -0.2) is 13.1 Å². The fourth-order valence-corrected chi connectivity index (χ4v) is 4.04. The third kappa shape index (κ3) is 3.86. The minimum absolute atomic E-state index is 0.0990. The number of rotatable bonds is 7. The second-order valence-corrected chi connectivity index (χ2v) is 8.17. The summed E-state index contributed by atoms with van der Waals surface area (Å²) in [5.41, 5.74) is 0.766. The van der Waals surface area contributed by atoms with Crippen LogP contribution in [0.5, 0.6) is 5.75 Å². The standard InChI is InChI=1S/C19H20N2O5S/c1-13(11-20-27(24,25)15-9-7-14(26-2)8-10-15)12-21-18(22)16-5-3-4-6-17(16)19(21)23/h3-10,13,20H,11-12H2,1-2H3. The third-order valence-corrected chi connectivity index (χ3v) is 5.80. The number of hydrogen-bond donors (Lipinski definition) is 1. The average molecular weight is 388 g/mol. The summed E-state index contributed by atoms with van der Waals surface area (Å²) in [5, 5.41) is 0. The topological polar surface area (TPSA) is 92.8 Å². The number of carbonyl (C=O) groups is 2. The Balaban J connectivity index is 1.62. The molecule has 1 atom stereocenters. The van der Waals surface area contributed by atoms with Crippen molar-refractivity contribution >= 4 is 21.8 Å².